The molecule has 65 heavy (non-hydrogen) atoms. The van der Waals surface area contributed by atoms with E-state index in [2.05, 4.69) is 255 Å². The van der Waals surface area contributed by atoms with Gasteiger partial charge in [0.05, 0.1) is 0 Å². The molecule has 1 aliphatic rings. The third-order valence-electron chi connectivity index (χ3n) is 12.6. The van der Waals surface area contributed by atoms with Gasteiger partial charge in [0, 0.05) is 66.5 Å². The van der Waals surface area contributed by atoms with Gasteiger partial charge in [-0.15, -0.1) is 53.8 Å². The molecule has 0 saturated heterocycles. The minimum atomic E-state index is -0.211. The number of allylic oxidation sites excluding steroid dienone is 1. The molecule has 0 aliphatic carbocycles. The van der Waals surface area contributed by atoms with E-state index in [0.717, 1.165) is 50.1 Å². The Labute approximate surface area is 401 Å². The van der Waals surface area contributed by atoms with Crippen molar-refractivity contribution in [3.8, 4) is 28.4 Å². The molecule has 0 amide bonds. The summed E-state index contributed by atoms with van der Waals surface area (Å²) in [6.45, 7) is 27.1. The van der Waals surface area contributed by atoms with E-state index in [9.17, 15) is 0 Å². The van der Waals surface area contributed by atoms with Gasteiger partial charge in [-0.1, -0.05) is 178 Å². The smallest absolute Gasteiger partial charge is 0.135 e. The SMILES string of the molecule is CC(C)(C)C1=CN(c2[c-]c(Oc3[c-]c4c(c(C(C)(C)C)c3)c3ccccc3n4-c3cc(C(C)(C)C)ccn3)cc(-c3ccccc3)c2)[CH-]N1c1cccc(C(C)(C)c2ccccc2)c1.[Pt]. The van der Waals surface area contributed by atoms with Gasteiger partial charge in [-0.2, -0.15) is 0 Å². The van der Waals surface area contributed by atoms with E-state index in [0.29, 0.717) is 11.5 Å². The molecule has 6 heteroatoms. The molecular formula is C59H59N4OPt-3. The van der Waals surface area contributed by atoms with Crippen LogP contribution in [-0.2, 0) is 37.3 Å². The number of hydrogen-bond acceptors (Lipinski definition) is 4. The van der Waals surface area contributed by atoms with Crippen LogP contribution in [0.15, 0.2) is 158 Å². The van der Waals surface area contributed by atoms with Gasteiger partial charge >= 0.3 is 0 Å². The summed E-state index contributed by atoms with van der Waals surface area (Å²) in [6.07, 6.45) is 4.16. The minimum Gasteiger partial charge on any atom is -0.509 e. The summed E-state index contributed by atoms with van der Waals surface area (Å²) in [5.74, 6) is 2.08. The number of anilines is 2. The maximum atomic E-state index is 7.03. The fourth-order valence-corrected chi connectivity index (χ4v) is 8.89. The summed E-state index contributed by atoms with van der Waals surface area (Å²) in [5, 5.41) is 2.32. The van der Waals surface area contributed by atoms with Crippen molar-refractivity contribution in [1.82, 2.24) is 9.55 Å². The van der Waals surface area contributed by atoms with Crippen LogP contribution >= 0.6 is 0 Å². The van der Waals surface area contributed by atoms with Crippen LogP contribution in [0.1, 0.15) is 98.4 Å². The van der Waals surface area contributed by atoms with E-state index in [1.54, 1.807) is 0 Å². The first-order chi connectivity index (χ1) is 30.4. The van der Waals surface area contributed by atoms with Crippen LogP contribution in [0, 0.1) is 24.2 Å². The number of benzene rings is 6. The third kappa shape index (κ3) is 8.93. The largest absolute Gasteiger partial charge is 0.509 e. The van der Waals surface area contributed by atoms with Gasteiger partial charge < -0.3 is 19.1 Å². The van der Waals surface area contributed by atoms with Crippen LogP contribution in [-0.4, -0.2) is 9.55 Å². The molecule has 9 rings (SSSR count). The maximum Gasteiger partial charge on any atom is 0.135 e. The van der Waals surface area contributed by atoms with Crippen molar-refractivity contribution in [3.05, 3.63) is 199 Å². The molecule has 0 N–H and O–H groups in total. The third-order valence-corrected chi connectivity index (χ3v) is 12.6. The van der Waals surface area contributed by atoms with Crippen molar-refractivity contribution in [3.63, 3.8) is 0 Å². The van der Waals surface area contributed by atoms with Crippen LogP contribution in [0.5, 0.6) is 11.5 Å². The second-order valence-electron chi connectivity index (χ2n) is 20.8. The molecule has 0 fully saturated rings. The topological polar surface area (TPSA) is 33.5 Å². The summed E-state index contributed by atoms with van der Waals surface area (Å²) >= 11 is 0. The molecule has 6 aromatic carbocycles. The fourth-order valence-electron chi connectivity index (χ4n) is 8.89. The van der Waals surface area contributed by atoms with Crippen molar-refractivity contribution in [2.75, 3.05) is 9.80 Å². The maximum absolute atomic E-state index is 7.03. The van der Waals surface area contributed by atoms with Gasteiger partial charge in [0.15, 0.2) is 0 Å². The normalized spacial score (nSPS) is 13.6. The average molecular weight is 1040 g/mol. The van der Waals surface area contributed by atoms with Gasteiger partial charge in [-0.25, -0.2) is 4.98 Å². The second-order valence-corrected chi connectivity index (χ2v) is 20.8. The number of nitrogens with zero attached hydrogens (tertiary/aromatic N) is 4. The van der Waals surface area contributed by atoms with E-state index >= 15 is 0 Å². The summed E-state index contributed by atoms with van der Waals surface area (Å²) in [5.41, 5.74) is 11.6. The molecule has 0 bridgehead atoms. The number of pyridine rings is 1. The standard InChI is InChI=1S/C59H59N4O.Pt/c1-56(2,3)43-29-30-60-54(34-43)63-51-28-19-18-27-49(51)55-50(57(4,5)6)36-48(37-52(55)63)64-47-32-41(40-21-14-12-15-22-40)31-46(35-47)61-38-53(58(7,8)9)62(39-61)45-26-20-25-44(33-45)59(10,11)42-23-16-13-17-24-42;/h12-34,36,38-39H,1-11H3;/q-3;. The predicted molar refractivity (Wildman–Crippen MR) is 267 cm³/mol. The van der Waals surface area contributed by atoms with Crippen LogP contribution in [0.3, 0.4) is 0 Å². The quantitative estimate of drug-likeness (QED) is 0.142. The fraction of sp³-hybridized carbons (Fsp3) is 0.254. The molecule has 0 unspecified atom stereocenters. The molecule has 8 aromatic rings. The monoisotopic (exact) mass is 1030 g/mol. The number of para-hydroxylation sites is 1. The summed E-state index contributed by atoms with van der Waals surface area (Å²) < 4.78 is 9.28. The zero-order valence-corrected chi connectivity index (χ0v) is 41.8. The molecule has 5 nitrogen and oxygen atoms in total. The molecule has 0 spiro atoms. The van der Waals surface area contributed by atoms with E-state index in [1.807, 2.05) is 6.20 Å². The molecule has 0 radical (unpaired) electrons. The number of fused-ring (bicyclic) bond motifs is 3. The number of ether oxygens (including phenoxy) is 1. The van der Waals surface area contributed by atoms with E-state index in [1.165, 1.54) is 28.0 Å². The Bertz CT molecular complexity index is 3030. The Kier molecular flexibility index (Phi) is 12.0. The molecule has 334 valence electrons. The molecular weight excluding hydrogens is 976 g/mol. The Morgan fingerprint density at radius 3 is 1.92 bits per heavy atom. The first-order valence-corrected chi connectivity index (χ1v) is 22.4. The zero-order chi connectivity index (χ0) is 45.2. The predicted octanol–water partition coefficient (Wildman–Crippen LogP) is 15.5. The molecule has 2 aromatic heterocycles. The molecule has 3 heterocycles. The number of rotatable bonds is 8. The first kappa shape index (κ1) is 45.7. The van der Waals surface area contributed by atoms with Gasteiger partial charge in [0.2, 0.25) is 0 Å². The van der Waals surface area contributed by atoms with Gasteiger partial charge in [0.1, 0.15) is 5.82 Å². The van der Waals surface area contributed by atoms with Crippen LogP contribution in [0.4, 0.5) is 11.4 Å². The van der Waals surface area contributed by atoms with E-state index in [-0.39, 0.29) is 42.7 Å². The van der Waals surface area contributed by atoms with Gasteiger partial charge in [-0.05, 0) is 75.0 Å². The summed E-state index contributed by atoms with van der Waals surface area (Å²) in [7, 11) is 0. The second kappa shape index (κ2) is 17.1. The minimum absolute atomic E-state index is 0. The van der Waals surface area contributed by atoms with Crippen LogP contribution < -0.4 is 14.5 Å². The van der Waals surface area contributed by atoms with Crippen LogP contribution in [0.2, 0.25) is 0 Å². The Hall–Kier alpha value is -5.90. The van der Waals surface area contributed by atoms with E-state index in [4.69, 9.17) is 9.72 Å². The van der Waals surface area contributed by atoms with Crippen LogP contribution in [0.25, 0.3) is 38.8 Å². The molecule has 0 saturated carbocycles. The van der Waals surface area contributed by atoms with Crippen molar-refractivity contribution < 1.29 is 25.8 Å². The van der Waals surface area contributed by atoms with Crippen molar-refractivity contribution in [1.29, 1.82) is 0 Å². The molecule has 1 aliphatic heterocycles. The molecule has 0 atom stereocenters. The zero-order valence-electron chi connectivity index (χ0n) is 39.5. The Morgan fingerprint density at radius 2 is 1.23 bits per heavy atom. The average Bonchev–Trinajstić information content (AvgIpc) is 3.87. The van der Waals surface area contributed by atoms with E-state index < -0.39 is 0 Å². The van der Waals surface area contributed by atoms with Gasteiger partial charge in [-0.3, -0.25) is 0 Å². The Morgan fingerprint density at radius 1 is 0.569 bits per heavy atom. The number of aromatic nitrogens is 2. The van der Waals surface area contributed by atoms with Crippen molar-refractivity contribution >= 4 is 33.2 Å². The first-order valence-electron chi connectivity index (χ1n) is 22.4. The number of hydrogen-bond donors (Lipinski definition) is 0. The van der Waals surface area contributed by atoms with Crippen molar-refractivity contribution in [2.45, 2.75) is 92.4 Å². The Balaban J connectivity index is 0.00000576. The summed E-state index contributed by atoms with van der Waals surface area (Å²) in [6, 6.07) is 57.1. The van der Waals surface area contributed by atoms with Crippen molar-refractivity contribution in [2.24, 2.45) is 5.41 Å². The summed E-state index contributed by atoms with van der Waals surface area (Å²) in [4.78, 5) is 9.48. The van der Waals surface area contributed by atoms with Gasteiger partial charge in [0.25, 0.3) is 0 Å².